The molecule has 2 rings (SSSR count). The van der Waals surface area contributed by atoms with Crippen molar-refractivity contribution in [2.24, 2.45) is 4.99 Å². The Labute approximate surface area is 150 Å². The maximum absolute atomic E-state index is 5.45. The number of fused-ring (bicyclic) bond motifs is 1. The normalized spacial score (nSPS) is 11.8. The van der Waals surface area contributed by atoms with Crippen LogP contribution in [0.15, 0.2) is 35.5 Å². The summed E-state index contributed by atoms with van der Waals surface area (Å²) in [6, 6.07) is 8.39. The molecule has 0 fully saturated rings. The number of aromatic nitrogens is 1. The van der Waals surface area contributed by atoms with Gasteiger partial charge in [0.2, 0.25) is 0 Å². The van der Waals surface area contributed by atoms with Crippen molar-refractivity contribution in [1.82, 2.24) is 15.6 Å². The minimum absolute atomic E-state index is 0.640. The van der Waals surface area contributed by atoms with Crippen LogP contribution in [-0.2, 0) is 15.9 Å². The van der Waals surface area contributed by atoms with Crippen LogP contribution in [0.4, 0.5) is 0 Å². The van der Waals surface area contributed by atoms with Gasteiger partial charge in [-0.05, 0) is 31.4 Å². The number of ether oxygens (including phenoxy) is 2. The number of benzene rings is 1. The maximum Gasteiger partial charge on any atom is 0.191 e. The SMILES string of the molecule is CCNC(=NCCCOCCOC)NCCc1c[nH]c2ccccc12. The van der Waals surface area contributed by atoms with Crippen LogP contribution in [0.1, 0.15) is 18.9 Å². The molecule has 0 aliphatic rings. The third-order valence-corrected chi connectivity index (χ3v) is 3.85. The zero-order valence-corrected chi connectivity index (χ0v) is 15.3. The number of hydrogen-bond acceptors (Lipinski definition) is 3. The first kappa shape index (κ1) is 19.3. The van der Waals surface area contributed by atoms with Crippen LogP contribution in [0, 0.1) is 0 Å². The van der Waals surface area contributed by atoms with Crippen LogP contribution in [0.5, 0.6) is 0 Å². The zero-order valence-electron chi connectivity index (χ0n) is 15.3. The molecule has 0 saturated carbocycles. The smallest absolute Gasteiger partial charge is 0.191 e. The third kappa shape index (κ3) is 6.76. The topological polar surface area (TPSA) is 70.7 Å². The van der Waals surface area contributed by atoms with E-state index in [1.165, 1.54) is 16.5 Å². The molecule has 0 amide bonds. The molecule has 2 aromatic rings. The van der Waals surface area contributed by atoms with E-state index in [2.05, 4.69) is 58.0 Å². The Bertz CT molecular complexity index is 639. The largest absolute Gasteiger partial charge is 0.382 e. The molecule has 1 aromatic heterocycles. The fourth-order valence-electron chi connectivity index (χ4n) is 2.60. The van der Waals surface area contributed by atoms with Gasteiger partial charge in [0.25, 0.3) is 0 Å². The van der Waals surface area contributed by atoms with Crippen LogP contribution in [0.25, 0.3) is 10.9 Å². The molecule has 6 heteroatoms. The number of rotatable bonds is 11. The van der Waals surface area contributed by atoms with Crippen LogP contribution < -0.4 is 10.6 Å². The molecule has 0 aliphatic heterocycles. The van der Waals surface area contributed by atoms with Crippen LogP contribution >= 0.6 is 0 Å². The highest BCUT2D eigenvalue weighted by Gasteiger charge is 2.03. The summed E-state index contributed by atoms with van der Waals surface area (Å²) in [5.41, 5.74) is 2.51. The van der Waals surface area contributed by atoms with E-state index in [0.29, 0.717) is 19.8 Å². The van der Waals surface area contributed by atoms with E-state index in [0.717, 1.165) is 38.4 Å². The molecule has 0 atom stereocenters. The summed E-state index contributed by atoms with van der Waals surface area (Å²) in [6.07, 6.45) is 3.95. The number of nitrogens with one attached hydrogen (secondary N) is 3. The molecule has 0 spiro atoms. The van der Waals surface area contributed by atoms with Crippen molar-refractivity contribution < 1.29 is 9.47 Å². The van der Waals surface area contributed by atoms with E-state index in [1.807, 2.05) is 0 Å². The molecule has 0 unspecified atom stereocenters. The van der Waals surface area contributed by atoms with Crippen molar-refractivity contribution >= 4 is 16.9 Å². The first-order valence-electron chi connectivity index (χ1n) is 8.99. The van der Waals surface area contributed by atoms with Gasteiger partial charge in [-0.15, -0.1) is 0 Å². The minimum atomic E-state index is 0.640. The molecule has 6 nitrogen and oxygen atoms in total. The fraction of sp³-hybridized carbons (Fsp3) is 0.526. The highest BCUT2D eigenvalue weighted by atomic mass is 16.5. The van der Waals surface area contributed by atoms with Crippen LogP contribution in [-0.4, -0.2) is 57.5 Å². The van der Waals surface area contributed by atoms with Gasteiger partial charge < -0.3 is 25.1 Å². The molecule has 0 aliphatic carbocycles. The molecule has 25 heavy (non-hydrogen) atoms. The lowest BCUT2D eigenvalue weighted by atomic mass is 10.1. The Morgan fingerprint density at radius 2 is 2.04 bits per heavy atom. The van der Waals surface area contributed by atoms with E-state index in [-0.39, 0.29) is 0 Å². The van der Waals surface area contributed by atoms with Crippen molar-refractivity contribution in [3.05, 3.63) is 36.0 Å². The Balaban J connectivity index is 1.72. The predicted octanol–water partition coefficient (Wildman–Crippen LogP) is 2.32. The summed E-state index contributed by atoms with van der Waals surface area (Å²) in [7, 11) is 1.68. The van der Waals surface area contributed by atoms with Crippen molar-refractivity contribution in [3.63, 3.8) is 0 Å². The van der Waals surface area contributed by atoms with E-state index in [1.54, 1.807) is 7.11 Å². The lowest BCUT2D eigenvalue weighted by molar-refractivity contribution is 0.0702. The summed E-state index contributed by atoms with van der Waals surface area (Å²) in [6.45, 7) is 6.51. The van der Waals surface area contributed by atoms with E-state index in [9.17, 15) is 0 Å². The summed E-state index contributed by atoms with van der Waals surface area (Å²) in [4.78, 5) is 7.91. The fourth-order valence-corrected chi connectivity index (χ4v) is 2.60. The minimum Gasteiger partial charge on any atom is -0.382 e. The van der Waals surface area contributed by atoms with Gasteiger partial charge in [-0.2, -0.15) is 0 Å². The van der Waals surface area contributed by atoms with Gasteiger partial charge in [-0.25, -0.2) is 0 Å². The highest BCUT2D eigenvalue weighted by Crippen LogP contribution is 2.17. The second-order valence-electron chi connectivity index (χ2n) is 5.76. The van der Waals surface area contributed by atoms with Gasteiger partial charge in [0.05, 0.1) is 13.2 Å². The Hall–Kier alpha value is -2.05. The lowest BCUT2D eigenvalue weighted by Gasteiger charge is -2.11. The second kappa shape index (κ2) is 11.5. The van der Waals surface area contributed by atoms with Gasteiger partial charge in [0, 0.05) is 50.5 Å². The summed E-state index contributed by atoms with van der Waals surface area (Å²) in [5, 5.41) is 7.97. The van der Waals surface area contributed by atoms with Gasteiger partial charge in [-0.3, -0.25) is 4.99 Å². The molecule has 0 bridgehead atoms. The molecule has 1 heterocycles. The lowest BCUT2D eigenvalue weighted by Crippen LogP contribution is -2.38. The second-order valence-corrected chi connectivity index (χ2v) is 5.76. The average molecular weight is 346 g/mol. The number of nitrogens with zero attached hydrogens (tertiary/aromatic N) is 1. The molecular formula is C19H30N4O2. The Kier molecular flexibility index (Phi) is 8.86. The number of H-pyrrole nitrogens is 1. The van der Waals surface area contributed by atoms with E-state index >= 15 is 0 Å². The van der Waals surface area contributed by atoms with Crippen LogP contribution in [0.3, 0.4) is 0 Å². The molecular weight excluding hydrogens is 316 g/mol. The average Bonchev–Trinajstić information content (AvgIpc) is 3.04. The number of aliphatic imine (C=N–C) groups is 1. The predicted molar refractivity (Wildman–Crippen MR) is 103 cm³/mol. The van der Waals surface area contributed by atoms with Gasteiger partial charge >= 0.3 is 0 Å². The zero-order chi connectivity index (χ0) is 17.7. The quantitative estimate of drug-likeness (QED) is 0.332. The van der Waals surface area contributed by atoms with Crippen molar-refractivity contribution in [2.45, 2.75) is 19.8 Å². The number of hydrogen-bond donors (Lipinski definition) is 3. The summed E-state index contributed by atoms with van der Waals surface area (Å²) >= 11 is 0. The number of aromatic amines is 1. The summed E-state index contributed by atoms with van der Waals surface area (Å²) < 4.78 is 10.4. The van der Waals surface area contributed by atoms with E-state index in [4.69, 9.17) is 9.47 Å². The van der Waals surface area contributed by atoms with Gasteiger partial charge in [-0.1, -0.05) is 18.2 Å². The molecule has 1 aromatic carbocycles. The van der Waals surface area contributed by atoms with Crippen molar-refractivity contribution in [3.8, 4) is 0 Å². The van der Waals surface area contributed by atoms with Crippen LogP contribution in [0.2, 0.25) is 0 Å². The van der Waals surface area contributed by atoms with Crippen molar-refractivity contribution in [1.29, 1.82) is 0 Å². The Morgan fingerprint density at radius 3 is 2.88 bits per heavy atom. The first-order chi connectivity index (χ1) is 12.3. The van der Waals surface area contributed by atoms with E-state index < -0.39 is 0 Å². The first-order valence-corrected chi connectivity index (χ1v) is 8.99. The van der Waals surface area contributed by atoms with Crippen molar-refractivity contribution in [2.75, 3.05) is 46.6 Å². The van der Waals surface area contributed by atoms with Gasteiger partial charge in [0.15, 0.2) is 5.96 Å². The monoisotopic (exact) mass is 346 g/mol. The molecule has 0 saturated heterocycles. The molecule has 3 N–H and O–H groups in total. The number of guanidine groups is 1. The summed E-state index contributed by atoms with van der Waals surface area (Å²) in [5.74, 6) is 0.860. The number of methoxy groups -OCH3 is 1. The highest BCUT2D eigenvalue weighted by molar-refractivity contribution is 5.83. The standard InChI is InChI=1S/C19H30N4O2/c1-3-20-19(21-10-6-12-25-14-13-24-2)22-11-9-16-15-23-18-8-5-4-7-17(16)18/h4-5,7-8,15,23H,3,6,9-14H2,1-2H3,(H2,20,21,22). The number of para-hydroxylation sites is 1. The molecule has 138 valence electrons. The maximum atomic E-state index is 5.45. The Morgan fingerprint density at radius 1 is 1.16 bits per heavy atom. The third-order valence-electron chi connectivity index (χ3n) is 3.85. The molecule has 0 radical (unpaired) electrons. The van der Waals surface area contributed by atoms with Gasteiger partial charge in [0.1, 0.15) is 0 Å².